The Bertz CT molecular complexity index is 805. The van der Waals surface area contributed by atoms with E-state index in [0.717, 1.165) is 0 Å². The van der Waals surface area contributed by atoms with Gasteiger partial charge in [0.05, 0.1) is 10.7 Å². The molecule has 0 aliphatic heterocycles. The normalized spacial score (nSPS) is 10.6. The quantitative estimate of drug-likeness (QED) is 0.702. The molecule has 2 rings (SSSR count). The van der Waals surface area contributed by atoms with Gasteiger partial charge in [-0.15, -0.1) is 0 Å². The van der Waals surface area contributed by atoms with E-state index in [0.29, 0.717) is 35.2 Å². The molecule has 1 aromatic carbocycles. The fourth-order valence-corrected chi connectivity index (χ4v) is 2.56. The summed E-state index contributed by atoms with van der Waals surface area (Å²) in [6, 6.07) is 10.3. The summed E-state index contributed by atoms with van der Waals surface area (Å²) in [4.78, 5) is 29.8. The van der Waals surface area contributed by atoms with Crippen molar-refractivity contribution in [3.8, 4) is 5.75 Å². The van der Waals surface area contributed by atoms with Gasteiger partial charge in [0.1, 0.15) is 5.75 Å². The van der Waals surface area contributed by atoms with E-state index in [1.165, 1.54) is 6.08 Å². The first-order valence-electron chi connectivity index (χ1n) is 8.63. The second-order valence-electron chi connectivity index (χ2n) is 5.58. The molecule has 27 heavy (non-hydrogen) atoms. The summed E-state index contributed by atoms with van der Waals surface area (Å²) in [6.07, 6.45) is 4.66. The van der Waals surface area contributed by atoms with Crippen molar-refractivity contribution in [2.45, 2.75) is 13.8 Å². The highest BCUT2D eigenvalue weighted by Gasteiger charge is 2.12. The molecule has 7 heteroatoms. The van der Waals surface area contributed by atoms with Crippen LogP contribution in [0.25, 0.3) is 6.08 Å². The van der Waals surface area contributed by atoms with E-state index in [1.54, 1.807) is 47.5 Å². The second kappa shape index (κ2) is 10.3. The Hall–Kier alpha value is -2.86. The predicted octanol–water partition coefficient (Wildman–Crippen LogP) is 3.63. The summed E-state index contributed by atoms with van der Waals surface area (Å²) in [5, 5.41) is 3.03. The summed E-state index contributed by atoms with van der Waals surface area (Å²) in [6.45, 7) is 5.00. The minimum absolute atomic E-state index is 0.0834. The fraction of sp³-hybridized carbons (Fsp3) is 0.250. The standard InChI is InChI=1S/C20H22ClN3O3/c1-3-24(4-2)20(26)14-27-18-10-8-16(13-17(18)21)23-19(25)11-9-15-7-5-6-12-22-15/h5-13H,3-4,14H2,1-2H3,(H,23,25). The monoisotopic (exact) mass is 387 g/mol. The van der Waals surface area contributed by atoms with Gasteiger partial charge >= 0.3 is 0 Å². The number of nitrogens with zero attached hydrogens (tertiary/aromatic N) is 2. The van der Waals surface area contributed by atoms with Crippen molar-refractivity contribution in [2.75, 3.05) is 25.0 Å². The van der Waals surface area contributed by atoms with Gasteiger partial charge in [-0.2, -0.15) is 0 Å². The van der Waals surface area contributed by atoms with Gasteiger partial charge < -0.3 is 15.0 Å². The van der Waals surface area contributed by atoms with Crippen LogP contribution in [0.15, 0.2) is 48.7 Å². The minimum Gasteiger partial charge on any atom is -0.482 e. The van der Waals surface area contributed by atoms with Crippen molar-refractivity contribution in [1.29, 1.82) is 0 Å². The molecule has 142 valence electrons. The minimum atomic E-state index is -0.304. The van der Waals surface area contributed by atoms with Crippen molar-refractivity contribution in [2.24, 2.45) is 0 Å². The Labute approximate surface area is 163 Å². The third-order valence-corrected chi connectivity index (χ3v) is 4.06. The molecule has 1 heterocycles. The maximum absolute atomic E-state index is 12.0. The number of rotatable bonds is 8. The third-order valence-electron chi connectivity index (χ3n) is 3.76. The van der Waals surface area contributed by atoms with E-state index in [2.05, 4.69) is 10.3 Å². The first kappa shape index (κ1) is 20.5. The van der Waals surface area contributed by atoms with Crippen LogP contribution >= 0.6 is 11.6 Å². The average molecular weight is 388 g/mol. The molecule has 0 unspecified atom stereocenters. The maximum Gasteiger partial charge on any atom is 0.260 e. The van der Waals surface area contributed by atoms with Gasteiger partial charge in [0.25, 0.3) is 5.91 Å². The predicted molar refractivity (Wildman–Crippen MR) is 107 cm³/mol. The third kappa shape index (κ3) is 6.42. The van der Waals surface area contributed by atoms with Gasteiger partial charge in [0.15, 0.2) is 6.61 Å². The molecule has 1 aromatic heterocycles. The number of hydrogen-bond acceptors (Lipinski definition) is 4. The average Bonchev–Trinajstić information content (AvgIpc) is 2.67. The number of anilines is 1. The molecule has 0 fully saturated rings. The van der Waals surface area contributed by atoms with Crippen LogP contribution in [0.1, 0.15) is 19.5 Å². The molecule has 0 saturated heterocycles. The molecule has 1 N–H and O–H groups in total. The summed E-state index contributed by atoms with van der Waals surface area (Å²) in [7, 11) is 0. The lowest BCUT2D eigenvalue weighted by Crippen LogP contribution is -2.34. The van der Waals surface area contributed by atoms with E-state index in [1.807, 2.05) is 19.9 Å². The molecule has 0 spiro atoms. The first-order chi connectivity index (χ1) is 13.0. The first-order valence-corrected chi connectivity index (χ1v) is 9.01. The number of carbonyl (C=O) groups excluding carboxylic acids is 2. The van der Waals surface area contributed by atoms with E-state index in [9.17, 15) is 9.59 Å². The number of halogens is 1. The van der Waals surface area contributed by atoms with Gasteiger partial charge in [-0.25, -0.2) is 0 Å². The van der Waals surface area contributed by atoms with Crippen LogP contribution in [0.3, 0.4) is 0 Å². The van der Waals surface area contributed by atoms with Crippen LogP contribution in [0.5, 0.6) is 5.75 Å². The zero-order valence-electron chi connectivity index (χ0n) is 15.3. The molecule has 6 nitrogen and oxygen atoms in total. The molecule has 0 aliphatic rings. The number of likely N-dealkylation sites (N-methyl/N-ethyl adjacent to an activating group) is 1. The Morgan fingerprint density at radius 1 is 1.22 bits per heavy atom. The van der Waals surface area contributed by atoms with Crippen LogP contribution in [0.4, 0.5) is 5.69 Å². The summed E-state index contributed by atoms with van der Waals surface area (Å²) < 4.78 is 5.49. The lowest BCUT2D eigenvalue weighted by atomic mass is 10.3. The van der Waals surface area contributed by atoms with E-state index >= 15 is 0 Å². The number of hydrogen-bond donors (Lipinski definition) is 1. The Balaban J connectivity index is 1.93. The second-order valence-corrected chi connectivity index (χ2v) is 5.98. The molecule has 0 saturated carbocycles. The summed E-state index contributed by atoms with van der Waals surface area (Å²) >= 11 is 6.19. The number of aromatic nitrogens is 1. The zero-order valence-corrected chi connectivity index (χ0v) is 16.1. The van der Waals surface area contributed by atoms with Crippen molar-refractivity contribution in [3.63, 3.8) is 0 Å². The Morgan fingerprint density at radius 3 is 2.63 bits per heavy atom. The topological polar surface area (TPSA) is 71.5 Å². The zero-order chi connectivity index (χ0) is 19.6. The Kier molecular flexibility index (Phi) is 7.82. The fourth-order valence-electron chi connectivity index (χ4n) is 2.32. The van der Waals surface area contributed by atoms with Gasteiger partial charge in [-0.1, -0.05) is 17.7 Å². The number of ether oxygens (including phenoxy) is 1. The summed E-state index contributed by atoms with van der Waals surface area (Å²) in [5.41, 5.74) is 1.21. The van der Waals surface area contributed by atoms with E-state index < -0.39 is 0 Å². The van der Waals surface area contributed by atoms with Crippen molar-refractivity contribution in [3.05, 3.63) is 59.4 Å². The molecule has 0 atom stereocenters. The highest BCUT2D eigenvalue weighted by molar-refractivity contribution is 6.32. The smallest absolute Gasteiger partial charge is 0.260 e. The molecule has 0 radical (unpaired) electrons. The number of pyridine rings is 1. The molecule has 0 bridgehead atoms. The van der Waals surface area contributed by atoms with Gasteiger partial charge in [0, 0.05) is 31.0 Å². The molecule has 0 aliphatic carbocycles. The number of carbonyl (C=O) groups is 2. The lowest BCUT2D eigenvalue weighted by molar-refractivity contribution is -0.133. The van der Waals surface area contributed by atoms with Crippen molar-refractivity contribution >= 4 is 35.2 Å². The van der Waals surface area contributed by atoms with Gasteiger partial charge in [0.2, 0.25) is 5.91 Å². The highest BCUT2D eigenvalue weighted by atomic mass is 35.5. The van der Waals surface area contributed by atoms with Crippen LogP contribution in [-0.2, 0) is 9.59 Å². The highest BCUT2D eigenvalue weighted by Crippen LogP contribution is 2.27. The van der Waals surface area contributed by atoms with Crippen molar-refractivity contribution < 1.29 is 14.3 Å². The summed E-state index contributed by atoms with van der Waals surface area (Å²) in [5.74, 6) is -0.0191. The number of amides is 2. The molecule has 2 aromatic rings. The van der Waals surface area contributed by atoms with E-state index in [4.69, 9.17) is 16.3 Å². The van der Waals surface area contributed by atoms with Crippen LogP contribution in [0.2, 0.25) is 5.02 Å². The van der Waals surface area contributed by atoms with Crippen LogP contribution in [-0.4, -0.2) is 41.4 Å². The molecular formula is C20H22ClN3O3. The van der Waals surface area contributed by atoms with E-state index in [-0.39, 0.29) is 18.4 Å². The SMILES string of the molecule is CCN(CC)C(=O)COc1ccc(NC(=O)C=Cc2ccccn2)cc1Cl. The largest absolute Gasteiger partial charge is 0.482 e. The lowest BCUT2D eigenvalue weighted by Gasteiger charge is -2.19. The van der Waals surface area contributed by atoms with Crippen LogP contribution < -0.4 is 10.1 Å². The Morgan fingerprint density at radius 2 is 2.00 bits per heavy atom. The molecule has 2 amide bonds. The number of benzene rings is 1. The van der Waals surface area contributed by atoms with Crippen LogP contribution in [0, 0.1) is 0 Å². The van der Waals surface area contributed by atoms with Gasteiger partial charge in [-0.3, -0.25) is 14.6 Å². The van der Waals surface area contributed by atoms with Gasteiger partial charge in [-0.05, 0) is 50.3 Å². The molecular weight excluding hydrogens is 366 g/mol. The number of nitrogens with one attached hydrogen (secondary N) is 1. The van der Waals surface area contributed by atoms with Crippen molar-refractivity contribution in [1.82, 2.24) is 9.88 Å². The maximum atomic E-state index is 12.0.